The fraction of sp³-hybridized carbons (Fsp3) is 0.107. The summed E-state index contributed by atoms with van der Waals surface area (Å²) in [6, 6.07) is 30.1. The second-order valence-corrected chi connectivity index (χ2v) is 8.05. The number of hydrogen-bond acceptors (Lipinski definition) is 4. The van der Waals surface area contributed by atoms with Crippen LogP contribution in [-0.4, -0.2) is 10.1 Å². The van der Waals surface area contributed by atoms with Crippen LogP contribution in [0.25, 0.3) is 22.6 Å². The Morgan fingerprint density at radius 1 is 0.844 bits per heavy atom. The zero-order valence-corrected chi connectivity index (χ0v) is 17.9. The first-order valence-electron chi connectivity index (χ1n) is 10.7. The van der Waals surface area contributed by atoms with Crippen LogP contribution in [0.1, 0.15) is 22.3 Å². The number of phenols is 1. The average Bonchev–Trinajstić information content (AvgIpc) is 3.24. The zero-order chi connectivity index (χ0) is 21.9. The van der Waals surface area contributed by atoms with Crippen molar-refractivity contribution in [3.8, 4) is 17.2 Å². The summed E-state index contributed by atoms with van der Waals surface area (Å²) in [4.78, 5) is 4.60. The molecule has 0 atom stereocenters. The molecular formula is C28H24N2O2. The zero-order valence-electron chi connectivity index (χ0n) is 17.9. The lowest BCUT2D eigenvalue weighted by Gasteiger charge is -2.11. The topological polar surface area (TPSA) is 58.3 Å². The first kappa shape index (κ1) is 19.9. The Bertz CT molecular complexity index is 1360. The number of anilines is 1. The van der Waals surface area contributed by atoms with Crippen LogP contribution in [0, 0.1) is 6.92 Å². The molecule has 4 nitrogen and oxygen atoms in total. The van der Waals surface area contributed by atoms with E-state index in [1.54, 1.807) is 6.07 Å². The number of oxazole rings is 1. The van der Waals surface area contributed by atoms with E-state index in [0.29, 0.717) is 18.2 Å². The van der Waals surface area contributed by atoms with E-state index >= 15 is 0 Å². The molecule has 0 unspecified atom stereocenters. The maximum absolute atomic E-state index is 10.3. The van der Waals surface area contributed by atoms with E-state index in [4.69, 9.17) is 4.42 Å². The van der Waals surface area contributed by atoms with Crippen LogP contribution in [0.2, 0.25) is 0 Å². The molecule has 4 heteroatoms. The van der Waals surface area contributed by atoms with E-state index in [1.165, 1.54) is 11.1 Å². The highest BCUT2D eigenvalue weighted by atomic mass is 16.3. The van der Waals surface area contributed by atoms with Gasteiger partial charge in [-0.05, 0) is 78.6 Å². The fourth-order valence-corrected chi connectivity index (χ4v) is 3.81. The predicted octanol–water partition coefficient (Wildman–Crippen LogP) is 6.71. The highest BCUT2D eigenvalue weighted by molar-refractivity contribution is 5.77. The lowest BCUT2D eigenvalue weighted by atomic mass is 10.0. The fourth-order valence-electron chi connectivity index (χ4n) is 3.81. The van der Waals surface area contributed by atoms with Gasteiger partial charge in [0.25, 0.3) is 0 Å². The van der Waals surface area contributed by atoms with Gasteiger partial charge in [0.2, 0.25) is 5.89 Å². The molecule has 158 valence electrons. The molecule has 1 heterocycles. The van der Waals surface area contributed by atoms with Crippen LogP contribution in [0.3, 0.4) is 0 Å². The quantitative estimate of drug-likeness (QED) is 0.320. The highest BCUT2D eigenvalue weighted by Crippen LogP contribution is 2.27. The van der Waals surface area contributed by atoms with Crippen molar-refractivity contribution < 1.29 is 9.52 Å². The number of benzene rings is 4. The highest BCUT2D eigenvalue weighted by Gasteiger charge is 2.09. The number of aromatic nitrogens is 1. The number of nitrogens with zero attached hydrogens (tertiary/aromatic N) is 1. The molecule has 0 saturated heterocycles. The Hall–Kier alpha value is -4.05. The van der Waals surface area contributed by atoms with Gasteiger partial charge in [0.15, 0.2) is 5.58 Å². The molecule has 0 bridgehead atoms. The number of hydrogen-bond donors (Lipinski definition) is 2. The third-order valence-electron chi connectivity index (χ3n) is 5.55. The molecule has 2 N–H and O–H groups in total. The summed E-state index contributed by atoms with van der Waals surface area (Å²) in [5.74, 6) is 0.913. The Balaban J connectivity index is 1.28. The van der Waals surface area contributed by atoms with Crippen LogP contribution < -0.4 is 5.32 Å². The van der Waals surface area contributed by atoms with Gasteiger partial charge in [-0.2, -0.15) is 0 Å². The normalized spacial score (nSPS) is 11.0. The van der Waals surface area contributed by atoms with Crippen molar-refractivity contribution in [2.45, 2.75) is 19.9 Å². The lowest BCUT2D eigenvalue weighted by Crippen LogP contribution is -2.01. The van der Waals surface area contributed by atoms with E-state index in [-0.39, 0.29) is 0 Å². The average molecular weight is 421 g/mol. The summed E-state index contributed by atoms with van der Waals surface area (Å²) >= 11 is 0. The van der Waals surface area contributed by atoms with Crippen molar-refractivity contribution >= 4 is 16.8 Å². The van der Waals surface area contributed by atoms with Crippen molar-refractivity contribution in [1.29, 1.82) is 0 Å². The van der Waals surface area contributed by atoms with Crippen LogP contribution >= 0.6 is 0 Å². The molecule has 0 spiro atoms. The molecule has 32 heavy (non-hydrogen) atoms. The predicted molar refractivity (Wildman–Crippen MR) is 129 cm³/mol. The van der Waals surface area contributed by atoms with Gasteiger partial charge in [-0.1, -0.05) is 42.5 Å². The Labute approximate surface area is 187 Å². The monoisotopic (exact) mass is 420 g/mol. The molecule has 0 aliphatic carbocycles. The maximum Gasteiger partial charge on any atom is 0.227 e. The van der Waals surface area contributed by atoms with Gasteiger partial charge in [-0.3, -0.25) is 0 Å². The van der Waals surface area contributed by atoms with Gasteiger partial charge in [-0.15, -0.1) is 0 Å². The molecule has 0 saturated carbocycles. The summed E-state index contributed by atoms with van der Waals surface area (Å²) in [7, 11) is 0. The van der Waals surface area contributed by atoms with Gasteiger partial charge < -0.3 is 14.8 Å². The molecule has 0 aliphatic rings. The molecule has 5 aromatic rings. The van der Waals surface area contributed by atoms with E-state index in [1.807, 2.05) is 73.7 Å². The van der Waals surface area contributed by atoms with Crippen molar-refractivity contribution in [3.63, 3.8) is 0 Å². The van der Waals surface area contributed by atoms with E-state index in [2.05, 4.69) is 28.5 Å². The van der Waals surface area contributed by atoms with Gasteiger partial charge in [0, 0.05) is 23.4 Å². The van der Waals surface area contributed by atoms with Crippen molar-refractivity contribution in [2.24, 2.45) is 0 Å². The molecular weight excluding hydrogens is 396 g/mol. The molecule has 0 fully saturated rings. The molecule has 5 rings (SSSR count). The Morgan fingerprint density at radius 3 is 2.47 bits per heavy atom. The Morgan fingerprint density at radius 2 is 1.66 bits per heavy atom. The van der Waals surface area contributed by atoms with Gasteiger partial charge >= 0.3 is 0 Å². The minimum absolute atomic E-state index is 0.299. The standard InChI is InChI=1S/C28H24N2O2/c1-19-7-14-27-25(15-19)30-28(32-27)22-9-11-24(12-10-22)29-18-23-17-21(8-13-26(23)31)16-20-5-3-2-4-6-20/h2-15,17,29,31H,16,18H2,1H3. The molecule has 1 aromatic heterocycles. The maximum atomic E-state index is 10.3. The molecule has 0 radical (unpaired) electrons. The number of rotatable bonds is 6. The molecule has 4 aromatic carbocycles. The number of fused-ring (bicyclic) bond motifs is 1. The van der Waals surface area contributed by atoms with Crippen LogP contribution in [-0.2, 0) is 13.0 Å². The SMILES string of the molecule is Cc1ccc2oc(-c3ccc(NCc4cc(Cc5ccccc5)ccc4O)cc3)nc2c1. The van der Waals surface area contributed by atoms with E-state index in [0.717, 1.165) is 39.9 Å². The van der Waals surface area contributed by atoms with Crippen LogP contribution in [0.15, 0.2) is 95.4 Å². The minimum atomic E-state index is 0.299. The first-order valence-corrected chi connectivity index (χ1v) is 10.7. The third kappa shape index (κ3) is 4.35. The first-order chi connectivity index (χ1) is 15.6. The smallest absolute Gasteiger partial charge is 0.227 e. The summed E-state index contributed by atoms with van der Waals surface area (Å²) < 4.78 is 5.89. The Kier molecular flexibility index (Phi) is 5.34. The van der Waals surface area contributed by atoms with Crippen LogP contribution in [0.4, 0.5) is 5.69 Å². The minimum Gasteiger partial charge on any atom is -0.508 e. The summed E-state index contributed by atoms with van der Waals surface area (Å²) in [5, 5.41) is 13.7. The van der Waals surface area contributed by atoms with Gasteiger partial charge in [0.05, 0.1) is 0 Å². The number of aryl methyl sites for hydroxylation is 1. The summed E-state index contributed by atoms with van der Waals surface area (Å²) in [6.45, 7) is 2.58. The van der Waals surface area contributed by atoms with Gasteiger partial charge in [0.1, 0.15) is 11.3 Å². The van der Waals surface area contributed by atoms with Gasteiger partial charge in [-0.25, -0.2) is 4.98 Å². The second-order valence-electron chi connectivity index (χ2n) is 8.05. The number of nitrogens with one attached hydrogen (secondary N) is 1. The molecule has 0 aliphatic heterocycles. The van der Waals surface area contributed by atoms with Crippen molar-refractivity contribution in [2.75, 3.05) is 5.32 Å². The molecule has 0 amide bonds. The summed E-state index contributed by atoms with van der Waals surface area (Å²) in [6.07, 6.45) is 0.840. The van der Waals surface area contributed by atoms with E-state index < -0.39 is 0 Å². The second kappa shape index (κ2) is 8.60. The third-order valence-corrected chi connectivity index (χ3v) is 5.55. The van der Waals surface area contributed by atoms with Crippen molar-refractivity contribution in [3.05, 3.63) is 113 Å². The number of phenolic OH excluding ortho intramolecular Hbond substituents is 1. The van der Waals surface area contributed by atoms with Crippen molar-refractivity contribution in [1.82, 2.24) is 4.98 Å². The lowest BCUT2D eigenvalue weighted by molar-refractivity contribution is 0.469. The number of aromatic hydroxyl groups is 1. The van der Waals surface area contributed by atoms with E-state index in [9.17, 15) is 5.11 Å². The summed E-state index contributed by atoms with van der Waals surface area (Å²) in [5.41, 5.74) is 8.01. The largest absolute Gasteiger partial charge is 0.508 e. The van der Waals surface area contributed by atoms with Crippen LogP contribution in [0.5, 0.6) is 5.75 Å².